The SMILES string of the molecule is Cl.N#CC(CCCCN1CCC(=C2c3ccccc3C=Cc3ccccc32)CC1)c1ccccc1. The molecule has 1 aliphatic carbocycles. The standard InChI is InChI=1S/C32H32N2.ClH/c33-24-29(25-10-2-1-3-11-25)14-8-9-21-34-22-19-28(20-23-34)32-30-15-6-4-12-26(30)17-18-27-13-5-7-16-31(27)32;/h1-7,10-13,15-18,29H,8-9,14,19-23H2;1H. The van der Waals surface area contributed by atoms with Crippen LogP contribution in [-0.4, -0.2) is 24.5 Å². The third-order valence-corrected chi connectivity index (χ3v) is 7.29. The molecular formula is C32H33ClN2. The van der Waals surface area contributed by atoms with Gasteiger partial charge in [-0.25, -0.2) is 0 Å². The monoisotopic (exact) mass is 480 g/mol. The summed E-state index contributed by atoms with van der Waals surface area (Å²) in [5.41, 5.74) is 9.57. The first kappa shape index (κ1) is 25.0. The Morgan fingerprint density at radius 2 is 1.31 bits per heavy atom. The van der Waals surface area contributed by atoms with Crippen LogP contribution in [0.3, 0.4) is 0 Å². The van der Waals surface area contributed by atoms with Crippen LogP contribution in [0, 0.1) is 11.3 Å². The van der Waals surface area contributed by atoms with Crippen molar-refractivity contribution in [2.75, 3.05) is 19.6 Å². The molecule has 1 fully saturated rings. The summed E-state index contributed by atoms with van der Waals surface area (Å²) >= 11 is 0. The molecule has 3 heteroatoms. The van der Waals surface area contributed by atoms with Crippen molar-refractivity contribution in [3.63, 3.8) is 0 Å². The minimum Gasteiger partial charge on any atom is -0.303 e. The fourth-order valence-electron chi connectivity index (χ4n) is 5.42. The van der Waals surface area contributed by atoms with Crippen molar-refractivity contribution in [1.82, 2.24) is 4.90 Å². The van der Waals surface area contributed by atoms with E-state index in [9.17, 15) is 5.26 Å². The van der Waals surface area contributed by atoms with Crippen LogP contribution >= 0.6 is 12.4 Å². The predicted octanol–water partition coefficient (Wildman–Crippen LogP) is 7.97. The Labute approximate surface area is 216 Å². The molecule has 0 aromatic heterocycles. The van der Waals surface area contributed by atoms with Crippen molar-refractivity contribution in [2.45, 2.75) is 38.0 Å². The van der Waals surface area contributed by atoms with Crippen molar-refractivity contribution in [2.24, 2.45) is 0 Å². The number of benzene rings is 3. The minimum absolute atomic E-state index is 0. The summed E-state index contributed by atoms with van der Waals surface area (Å²) in [6.45, 7) is 3.37. The lowest BCUT2D eigenvalue weighted by Gasteiger charge is -2.30. The Balaban J connectivity index is 0.00000289. The van der Waals surface area contributed by atoms with E-state index >= 15 is 0 Å². The minimum atomic E-state index is 0. The summed E-state index contributed by atoms with van der Waals surface area (Å²) in [5, 5.41) is 9.57. The van der Waals surface area contributed by atoms with Gasteiger partial charge in [0.05, 0.1) is 12.0 Å². The van der Waals surface area contributed by atoms with E-state index in [1.54, 1.807) is 5.57 Å². The Kier molecular flexibility index (Phi) is 8.59. The Hall–Kier alpha value is -3.12. The zero-order chi connectivity index (χ0) is 23.2. The van der Waals surface area contributed by atoms with Gasteiger partial charge in [0, 0.05) is 13.1 Å². The number of fused-ring (bicyclic) bond motifs is 2. The van der Waals surface area contributed by atoms with E-state index < -0.39 is 0 Å². The summed E-state index contributed by atoms with van der Waals surface area (Å²) in [6, 6.07) is 30.4. The number of unbranched alkanes of at least 4 members (excludes halogenated alkanes) is 1. The second-order valence-electron chi connectivity index (χ2n) is 9.42. The zero-order valence-electron chi connectivity index (χ0n) is 20.2. The molecule has 178 valence electrons. The smallest absolute Gasteiger partial charge is 0.0712 e. The lowest BCUT2D eigenvalue weighted by atomic mass is 9.86. The normalized spacial score (nSPS) is 15.9. The van der Waals surface area contributed by atoms with Gasteiger partial charge in [-0.1, -0.05) is 103 Å². The van der Waals surface area contributed by atoms with Crippen molar-refractivity contribution in [3.8, 4) is 6.07 Å². The van der Waals surface area contributed by atoms with Crippen LogP contribution in [-0.2, 0) is 0 Å². The Bertz CT molecular complexity index is 1170. The number of nitriles is 1. The second-order valence-corrected chi connectivity index (χ2v) is 9.42. The zero-order valence-corrected chi connectivity index (χ0v) is 21.0. The lowest BCUT2D eigenvalue weighted by Crippen LogP contribution is -2.32. The van der Waals surface area contributed by atoms with Gasteiger partial charge in [-0.2, -0.15) is 5.26 Å². The molecule has 3 aromatic rings. The number of nitrogens with zero attached hydrogens (tertiary/aromatic N) is 2. The maximum Gasteiger partial charge on any atom is 0.0712 e. The highest BCUT2D eigenvalue weighted by Crippen LogP contribution is 2.38. The van der Waals surface area contributed by atoms with Crippen LogP contribution in [0.15, 0.2) is 84.4 Å². The van der Waals surface area contributed by atoms with Crippen LogP contribution < -0.4 is 0 Å². The van der Waals surface area contributed by atoms with Crippen LogP contribution in [0.25, 0.3) is 17.7 Å². The van der Waals surface area contributed by atoms with E-state index in [0.717, 1.165) is 57.3 Å². The van der Waals surface area contributed by atoms with Gasteiger partial charge in [-0.05, 0) is 65.6 Å². The van der Waals surface area contributed by atoms with E-state index in [4.69, 9.17) is 0 Å². The summed E-state index contributed by atoms with van der Waals surface area (Å²) in [4.78, 5) is 2.61. The molecule has 35 heavy (non-hydrogen) atoms. The predicted molar refractivity (Wildman–Crippen MR) is 149 cm³/mol. The highest BCUT2D eigenvalue weighted by molar-refractivity contribution is 5.94. The number of halogens is 1. The molecule has 0 amide bonds. The molecule has 0 spiro atoms. The van der Waals surface area contributed by atoms with Crippen LogP contribution in [0.2, 0.25) is 0 Å². The molecule has 0 bridgehead atoms. The topological polar surface area (TPSA) is 27.0 Å². The van der Waals surface area contributed by atoms with Crippen molar-refractivity contribution in [3.05, 3.63) is 112 Å². The molecule has 0 N–H and O–H groups in total. The first-order chi connectivity index (χ1) is 16.8. The highest BCUT2D eigenvalue weighted by atomic mass is 35.5. The van der Waals surface area contributed by atoms with Crippen LogP contribution in [0.4, 0.5) is 0 Å². The summed E-state index contributed by atoms with van der Waals surface area (Å²) in [7, 11) is 0. The van der Waals surface area contributed by atoms with Gasteiger partial charge in [0.25, 0.3) is 0 Å². The largest absolute Gasteiger partial charge is 0.303 e. The molecule has 0 saturated carbocycles. The molecule has 2 aliphatic rings. The third kappa shape index (κ3) is 5.76. The highest BCUT2D eigenvalue weighted by Gasteiger charge is 2.22. The number of likely N-dealkylation sites (tertiary alicyclic amines) is 1. The van der Waals surface area contributed by atoms with Crippen molar-refractivity contribution in [1.29, 1.82) is 5.26 Å². The molecular weight excluding hydrogens is 448 g/mol. The van der Waals surface area contributed by atoms with Gasteiger partial charge in [-0.3, -0.25) is 0 Å². The number of piperidine rings is 1. The quantitative estimate of drug-likeness (QED) is 0.261. The maximum atomic E-state index is 9.57. The van der Waals surface area contributed by atoms with Gasteiger partial charge in [0.15, 0.2) is 0 Å². The Morgan fingerprint density at radius 1 is 0.743 bits per heavy atom. The van der Waals surface area contributed by atoms with Crippen LogP contribution in [0.1, 0.15) is 65.8 Å². The number of hydrogen-bond donors (Lipinski definition) is 0. The van der Waals surface area contributed by atoms with Gasteiger partial charge in [0.1, 0.15) is 0 Å². The summed E-state index contributed by atoms with van der Waals surface area (Å²) in [6.07, 6.45) is 9.99. The molecule has 5 rings (SSSR count). The molecule has 1 unspecified atom stereocenters. The van der Waals surface area contributed by atoms with Crippen LogP contribution in [0.5, 0.6) is 0 Å². The number of rotatable bonds is 6. The van der Waals surface area contributed by atoms with E-state index in [2.05, 4.69) is 83.8 Å². The first-order valence-corrected chi connectivity index (χ1v) is 12.6. The lowest BCUT2D eigenvalue weighted by molar-refractivity contribution is 0.251. The molecule has 1 heterocycles. The third-order valence-electron chi connectivity index (χ3n) is 7.29. The van der Waals surface area contributed by atoms with Gasteiger partial charge < -0.3 is 4.90 Å². The molecule has 1 aliphatic heterocycles. The molecule has 1 atom stereocenters. The Morgan fingerprint density at radius 3 is 1.91 bits per heavy atom. The fraction of sp³-hybridized carbons (Fsp3) is 0.281. The van der Waals surface area contributed by atoms with E-state index in [1.807, 2.05) is 18.2 Å². The van der Waals surface area contributed by atoms with E-state index in [-0.39, 0.29) is 18.3 Å². The van der Waals surface area contributed by atoms with Gasteiger partial charge >= 0.3 is 0 Å². The molecule has 3 aromatic carbocycles. The van der Waals surface area contributed by atoms with Gasteiger partial charge in [-0.15, -0.1) is 12.4 Å². The molecule has 0 radical (unpaired) electrons. The molecule has 2 nitrogen and oxygen atoms in total. The van der Waals surface area contributed by atoms with Gasteiger partial charge in [0.2, 0.25) is 0 Å². The maximum absolute atomic E-state index is 9.57. The second kappa shape index (κ2) is 12.0. The van der Waals surface area contributed by atoms with Crippen molar-refractivity contribution >= 4 is 30.1 Å². The average molecular weight is 481 g/mol. The summed E-state index contributed by atoms with van der Waals surface area (Å²) < 4.78 is 0. The van der Waals surface area contributed by atoms with E-state index in [0.29, 0.717) is 0 Å². The number of hydrogen-bond acceptors (Lipinski definition) is 2. The molecule has 1 saturated heterocycles. The summed E-state index contributed by atoms with van der Waals surface area (Å²) in [5.74, 6) is 0.0166. The van der Waals surface area contributed by atoms with Crippen molar-refractivity contribution < 1.29 is 0 Å². The average Bonchev–Trinajstić information content (AvgIpc) is 3.07. The van der Waals surface area contributed by atoms with E-state index in [1.165, 1.54) is 27.8 Å². The first-order valence-electron chi connectivity index (χ1n) is 12.6. The fourth-order valence-corrected chi connectivity index (χ4v) is 5.42.